The lowest BCUT2D eigenvalue weighted by Gasteiger charge is -1.78. The minimum absolute atomic E-state index is 0.273. The van der Waals surface area contributed by atoms with Crippen LogP contribution in [0.2, 0.25) is 0 Å². The quantitative estimate of drug-likeness (QED) is 0.489. The Balaban J connectivity index is 3.07. The molecule has 0 amide bonds. The lowest BCUT2D eigenvalue weighted by molar-refractivity contribution is 0.990. The van der Waals surface area contributed by atoms with Crippen molar-refractivity contribution in [2.24, 2.45) is 0 Å². The number of nitrogens with one attached hydrogen (secondary N) is 2. The number of aromatic nitrogens is 5. The van der Waals surface area contributed by atoms with Gasteiger partial charge in [-0.05, 0) is 0 Å². The van der Waals surface area contributed by atoms with E-state index in [9.17, 15) is 4.79 Å². The summed E-state index contributed by atoms with van der Waals surface area (Å²) < 4.78 is 0. The number of hydrogen-bond acceptors (Lipinski definition) is 4. The van der Waals surface area contributed by atoms with Crippen LogP contribution in [-0.4, -0.2) is 25.4 Å². The fourth-order valence-electron chi connectivity index (χ4n) is 0.701. The molecule has 0 radical (unpaired) electrons. The number of rotatable bonds is 0. The van der Waals surface area contributed by atoms with Crippen molar-refractivity contribution in [2.45, 2.75) is 0 Å². The Hall–Kier alpha value is -1.72. The molecule has 0 fully saturated rings. The second-order valence-electron chi connectivity index (χ2n) is 1.74. The lowest BCUT2D eigenvalue weighted by atomic mass is 10.6. The molecule has 0 saturated carbocycles. The average Bonchev–Trinajstić information content (AvgIpc) is 2.34. The zero-order chi connectivity index (χ0) is 6.97. The molecular formula is C4H3N5O. The van der Waals surface area contributed by atoms with Crippen molar-refractivity contribution in [3.63, 3.8) is 0 Å². The van der Waals surface area contributed by atoms with Gasteiger partial charge in [0.15, 0.2) is 11.2 Å². The largest absolute Gasteiger partial charge is 0.292 e. The topological polar surface area (TPSA) is 87.3 Å². The van der Waals surface area contributed by atoms with Crippen molar-refractivity contribution in [1.82, 2.24) is 25.4 Å². The van der Waals surface area contributed by atoms with E-state index in [1.165, 1.54) is 6.33 Å². The normalized spacial score (nSPS) is 10.4. The van der Waals surface area contributed by atoms with Gasteiger partial charge in [0.2, 0.25) is 0 Å². The molecule has 6 heteroatoms. The van der Waals surface area contributed by atoms with Crippen molar-refractivity contribution < 1.29 is 0 Å². The van der Waals surface area contributed by atoms with Gasteiger partial charge in [-0.25, -0.2) is 4.98 Å². The highest BCUT2D eigenvalue weighted by Gasteiger charge is 1.99. The fraction of sp³-hybridized carbons (Fsp3) is 0. The standard InChI is InChI=1S/C4H3N5O/c10-4-2-3(8-9-4)7-6-1-5-2/h1H,(H2,7,8,9,10). The molecule has 0 saturated heterocycles. The summed E-state index contributed by atoms with van der Waals surface area (Å²) in [5.74, 6) is 0. The Morgan fingerprint density at radius 2 is 2.30 bits per heavy atom. The van der Waals surface area contributed by atoms with Crippen LogP contribution in [0.4, 0.5) is 0 Å². The van der Waals surface area contributed by atoms with Crippen LogP contribution in [0, 0.1) is 0 Å². The van der Waals surface area contributed by atoms with E-state index >= 15 is 0 Å². The molecule has 2 aromatic heterocycles. The van der Waals surface area contributed by atoms with E-state index < -0.39 is 0 Å². The van der Waals surface area contributed by atoms with E-state index in [-0.39, 0.29) is 11.1 Å². The highest BCUT2D eigenvalue weighted by atomic mass is 16.1. The molecule has 2 N–H and O–H groups in total. The Kier molecular flexibility index (Phi) is 0.830. The predicted molar refractivity (Wildman–Crippen MR) is 32.3 cm³/mol. The molecular weight excluding hydrogens is 134 g/mol. The van der Waals surface area contributed by atoms with Gasteiger partial charge in [0.25, 0.3) is 5.56 Å². The Labute approximate surface area is 54.3 Å². The molecule has 10 heavy (non-hydrogen) atoms. The van der Waals surface area contributed by atoms with Crippen LogP contribution in [0.25, 0.3) is 11.2 Å². The van der Waals surface area contributed by atoms with Gasteiger partial charge in [-0.15, -0.1) is 10.2 Å². The van der Waals surface area contributed by atoms with Crippen LogP contribution < -0.4 is 5.56 Å². The predicted octanol–water partition coefficient (Wildman–Crippen LogP) is -0.959. The molecule has 0 spiro atoms. The van der Waals surface area contributed by atoms with Crippen LogP contribution in [0.15, 0.2) is 11.1 Å². The Bertz CT molecular complexity index is 401. The summed E-state index contributed by atoms with van der Waals surface area (Å²) in [6.45, 7) is 0. The minimum atomic E-state index is -0.273. The second kappa shape index (κ2) is 1.63. The Morgan fingerprint density at radius 1 is 1.40 bits per heavy atom. The SMILES string of the molecule is O=c1[nH][nH]c2nncnc12. The fourth-order valence-corrected chi connectivity index (χ4v) is 0.701. The third kappa shape index (κ3) is 0.524. The maximum atomic E-state index is 10.8. The highest BCUT2D eigenvalue weighted by molar-refractivity contribution is 5.66. The van der Waals surface area contributed by atoms with Gasteiger partial charge in [0, 0.05) is 0 Å². The first kappa shape index (κ1) is 5.10. The number of aromatic amines is 2. The maximum Gasteiger partial charge on any atom is 0.292 e. The van der Waals surface area contributed by atoms with Gasteiger partial charge in [0.1, 0.15) is 6.33 Å². The van der Waals surface area contributed by atoms with Crippen molar-refractivity contribution in [3.05, 3.63) is 16.7 Å². The van der Waals surface area contributed by atoms with Gasteiger partial charge >= 0.3 is 0 Å². The molecule has 50 valence electrons. The van der Waals surface area contributed by atoms with E-state index in [0.29, 0.717) is 5.65 Å². The van der Waals surface area contributed by atoms with Crippen LogP contribution in [0.3, 0.4) is 0 Å². The number of hydrogen-bond donors (Lipinski definition) is 2. The number of H-pyrrole nitrogens is 2. The van der Waals surface area contributed by atoms with Crippen molar-refractivity contribution in [1.29, 1.82) is 0 Å². The van der Waals surface area contributed by atoms with Gasteiger partial charge in [-0.3, -0.25) is 15.0 Å². The summed E-state index contributed by atoms with van der Waals surface area (Å²) in [5, 5.41) is 11.9. The third-order valence-electron chi connectivity index (χ3n) is 1.13. The molecule has 0 aliphatic carbocycles. The zero-order valence-corrected chi connectivity index (χ0v) is 4.83. The van der Waals surface area contributed by atoms with Crippen molar-refractivity contribution in [3.8, 4) is 0 Å². The van der Waals surface area contributed by atoms with Crippen LogP contribution in [-0.2, 0) is 0 Å². The van der Waals surface area contributed by atoms with E-state index in [0.717, 1.165) is 0 Å². The first-order valence-corrected chi connectivity index (χ1v) is 2.62. The molecule has 2 rings (SSSR count). The monoisotopic (exact) mass is 137 g/mol. The minimum Gasteiger partial charge on any atom is -0.278 e. The molecule has 0 aliphatic rings. The lowest BCUT2D eigenvalue weighted by Crippen LogP contribution is -1.99. The molecule has 0 bridgehead atoms. The van der Waals surface area contributed by atoms with Gasteiger partial charge in [0.05, 0.1) is 0 Å². The molecule has 2 heterocycles. The van der Waals surface area contributed by atoms with E-state index in [4.69, 9.17) is 0 Å². The third-order valence-corrected chi connectivity index (χ3v) is 1.13. The number of nitrogens with zero attached hydrogens (tertiary/aromatic N) is 3. The first-order valence-electron chi connectivity index (χ1n) is 2.62. The summed E-state index contributed by atoms with van der Waals surface area (Å²) in [6.07, 6.45) is 1.23. The average molecular weight is 137 g/mol. The van der Waals surface area contributed by atoms with E-state index in [1.54, 1.807) is 0 Å². The van der Waals surface area contributed by atoms with Crippen LogP contribution >= 0.6 is 0 Å². The second-order valence-corrected chi connectivity index (χ2v) is 1.74. The van der Waals surface area contributed by atoms with Crippen molar-refractivity contribution >= 4 is 11.2 Å². The Morgan fingerprint density at radius 3 is 3.10 bits per heavy atom. The van der Waals surface area contributed by atoms with Crippen LogP contribution in [0.5, 0.6) is 0 Å². The summed E-state index contributed by atoms with van der Waals surface area (Å²) in [6, 6.07) is 0. The van der Waals surface area contributed by atoms with Gasteiger partial charge in [-0.2, -0.15) is 0 Å². The summed E-state index contributed by atoms with van der Waals surface area (Å²) in [5.41, 5.74) is 0.396. The summed E-state index contributed by atoms with van der Waals surface area (Å²) in [4.78, 5) is 14.5. The van der Waals surface area contributed by atoms with Gasteiger partial charge < -0.3 is 0 Å². The molecule has 0 aliphatic heterocycles. The molecule has 6 nitrogen and oxygen atoms in total. The summed E-state index contributed by atoms with van der Waals surface area (Å²) >= 11 is 0. The maximum absolute atomic E-state index is 10.8. The highest BCUT2D eigenvalue weighted by Crippen LogP contribution is 1.91. The summed E-state index contributed by atoms with van der Waals surface area (Å²) in [7, 11) is 0. The molecule has 0 atom stereocenters. The molecule has 0 unspecified atom stereocenters. The van der Waals surface area contributed by atoms with Gasteiger partial charge in [-0.1, -0.05) is 0 Å². The zero-order valence-electron chi connectivity index (χ0n) is 4.83. The molecule has 2 aromatic rings. The smallest absolute Gasteiger partial charge is 0.278 e. The number of fused-ring (bicyclic) bond motifs is 1. The first-order chi connectivity index (χ1) is 4.88. The van der Waals surface area contributed by atoms with Crippen LogP contribution in [0.1, 0.15) is 0 Å². The molecule has 0 aromatic carbocycles. The van der Waals surface area contributed by atoms with Crippen molar-refractivity contribution in [2.75, 3.05) is 0 Å². The van der Waals surface area contributed by atoms with E-state index in [1.807, 2.05) is 0 Å². The van der Waals surface area contributed by atoms with E-state index in [2.05, 4.69) is 25.4 Å².